The topological polar surface area (TPSA) is 66.0 Å². The number of para-hydroxylation sites is 3. The Balaban J connectivity index is 1.28. The lowest BCUT2D eigenvalue weighted by atomic mass is 10.3. The number of benzene rings is 2. The van der Waals surface area contributed by atoms with Crippen molar-refractivity contribution in [2.24, 2.45) is 7.05 Å². The number of ether oxygens (including phenoxy) is 1. The summed E-state index contributed by atoms with van der Waals surface area (Å²) in [5, 5.41) is 9.91. The van der Waals surface area contributed by atoms with Crippen molar-refractivity contribution in [2.45, 2.75) is 24.6 Å². The fourth-order valence-corrected chi connectivity index (χ4v) is 3.77. The van der Waals surface area contributed by atoms with Gasteiger partial charge in [0.15, 0.2) is 22.5 Å². The number of fused-ring (bicyclic) bond motifs is 1. The van der Waals surface area contributed by atoms with Crippen molar-refractivity contribution in [3.05, 3.63) is 65.3 Å². The lowest BCUT2D eigenvalue weighted by Gasteiger charge is -2.07. The number of hydrogen-bond acceptors (Lipinski definition) is 6. The van der Waals surface area contributed by atoms with Gasteiger partial charge in [0.2, 0.25) is 0 Å². The van der Waals surface area contributed by atoms with Gasteiger partial charge in [0, 0.05) is 19.2 Å². The standard InChI is InChI=1S/C20H19ClN4O2S/c1-25-18(13-26-16-9-4-2-7-14(16)21)23-24-20(25)28-12-6-11-19-22-15-8-3-5-10-17(15)27-19/h2-5,7-10H,6,11-13H2,1H3. The summed E-state index contributed by atoms with van der Waals surface area (Å²) >= 11 is 7.77. The number of hydrogen-bond donors (Lipinski definition) is 0. The molecule has 2 aromatic carbocycles. The molecule has 0 saturated carbocycles. The first-order valence-electron chi connectivity index (χ1n) is 8.93. The highest BCUT2D eigenvalue weighted by molar-refractivity contribution is 7.99. The fraction of sp³-hybridized carbons (Fsp3) is 0.250. The molecule has 0 unspecified atom stereocenters. The molecule has 0 fully saturated rings. The minimum Gasteiger partial charge on any atom is -0.484 e. The highest BCUT2D eigenvalue weighted by Crippen LogP contribution is 2.24. The second kappa shape index (κ2) is 8.67. The van der Waals surface area contributed by atoms with Crippen LogP contribution in [-0.4, -0.2) is 25.5 Å². The third-order valence-electron chi connectivity index (χ3n) is 4.22. The number of halogens is 1. The first kappa shape index (κ1) is 18.8. The van der Waals surface area contributed by atoms with Gasteiger partial charge in [0.25, 0.3) is 0 Å². The number of oxazole rings is 1. The summed E-state index contributed by atoms with van der Waals surface area (Å²) in [4.78, 5) is 4.50. The van der Waals surface area contributed by atoms with Crippen molar-refractivity contribution in [1.82, 2.24) is 19.7 Å². The molecule has 0 spiro atoms. The molecule has 2 aromatic heterocycles. The van der Waals surface area contributed by atoms with Crippen LogP contribution in [-0.2, 0) is 20.1 Å². The van der Waals surface area contributed by atoms with Gasteiger partial charge < -0.3 is 13.7 Å². The number of nitrogens with zero attached hydrogens (tertiary/aromatic N) is 4. The molecular weight excluding hydrogens is 396 g/mol. The molecule has 0 saturated heterocycles. The zero-order valence-corrected chi connectivity index (χ0v) is 16.9. The molecule has 4 rings (SSSR count). The molecule has 0 radical (unpaired) electrons. The Hall–Kier alpha value is -2.51. The summed E-state index contributed by atoms with van der Waals surface area (Å²) in [6, 6.07) is 15.2. The van der Waals surface area contributed by atoms with Gasteiger partial charge in [-0.3, -0.25) is 0 Å². The Kier molecular flexibility index (Phi) is 5.83. The molecule has 0 bridgehead atoms. The van der Waals surface area contributed by atoms with Crippen LogP contribution in [0, 0.1) is 0 Å². The van der Waals surface area contributed by atoms with E-state index in [4.69, 9.17) is 20.8 Å². The van der Waals surface area contributed by atoms with E-state index >= 15 is 0 Å². The lowest BCUT2D eigenvalue weighted by molar-refractivity contribution is 0.290. The average molecular weight is 415 g/mol. The summed E-state index contributed by atoms with van der Waals surface area (Å²) in [7, 11) is 1.94. The van der Waals surface area contributed by atoms with E-state index in [1.807, 2.05) is 54.1 Å². The smallest absolute Gasteiger partial charge is 0.195 e. The normalized spacial score (nSPS) is 11.2. The molecule has 8 heteroatoms. The van der Waals surface area contributed by atoms with Gasteiger partial charge >= 0.3 is 0 Å². The summed E-state index contributed by atoms with van der Waals surface area (Å²) < 4.78 is 13.4. The molecular formula is C20H19ClN4O2S. The molecule has 4 aromatic rings. The van der Waals surface area contributed by atoms with Gasteiger partial charge in [-0.25, -0.2) is 4.98 Å². The number of aromatic nitrogens is 4. The number of aryl methyl sites for hydroxylation is 1. The van der Waals surface area contributed by atoms with E-state index in [9.17, 15) is 0 Å². The number of rotatable bonds is 8. The minimum absolute atomic E-state index is 0.316. The van der Waals surface area contributed by atoms with Gasteiger partial charge in [-0.2, -0.15) is 0 Å². The second-order valence-corrected chi connectivity index (χ2v) is 7.67. The van der Waals surface area contributed by atoms with E-state index in [2.05, 4.69) is 15.2 Å². The van der Waals surface area contributed by atoms with E-state index in [0.717, 1.165) is 46.6 Å². The maximum Gasteiger partial charge on any atom is 0.195 e. The molecule has 0 aliphatic carbocycles. The molecule has 28 heavy (non-hydrogen) atoms. The van der Waals surface area contributed by atoms with Gasteiger partial charge in [0.1, 0.15) is 17.9 Å². The lowest BCUT2D eigenvalue weighted by Crippen LogP contribution is -2.04. The van der Waals surface area contributed by atoms with E-state index in [0.29, 0.717) is 17.4 Å². The van der Waals surface area contributed by atoms with Crippen molar-refractivity contribution in [3.63, 3.8) is 0 Å². The first-order chi connectivity index (χ1) is 13.7. The molecule has 0 aliphatic heterocycles. The molecule has 0 atom stereocenters. The van der Waals surface area contributed by atoms with Crippen molar-refractivity contribution in [1.29, 1.82) is 0 Å². The highest BCUT2D eigenvalue weighted by Gasteiger charge is 2.11. The number of thioether (sulfide) groups is 1. The van der Waals surface area contributed by atoms with Crippen LogP contribution in [0.1, 0.15) is 18.1 Å². The van der Waals surface area contributed by atoms with Crippen LogP contribution in [0.3, 0.4) is 0 Å². The Bertz CT molecular complexity index is 1050. The molecule has 0 aliphatic rings. The SMILES string of the molecule is Cn1c(COc2ccccc2Cl)nnc1SCCCc1nc2ccccc2o1. The molecule has 144 valence electrons. The zero-order chi connectivity index (χ0) is 19.3. The van der Waals surface area contributed by atoms with Crippen LogP contribution >= 0.6 is 23.4 Å². The summed E-state index contributed by atoms with van der Waals surface area (Å²) in [6.45, 7) is 0.316. The largest absolute Gasteiger partial charge is 0.484 e. The van der Waals surface area contributed by atoms with Crippen LogP contribution in [0.4, 0.5) is 0 Å². The predicted octanol–water partition coefficient (Wildman–Crippen LogP) is 4.91. The van der Waals surface area contributed by atoms with Crippen LogP contribution in [0.2, 0.25) is 5.02 Å². The van der Waals surface area contributed by atoms with Crippen LogP contribution in [0.5, 0.6) is 5.75 Å². The monoisotopic (exact) mass is 414 g/mol. The van der Waals surface area contributed by atoms with Crippen molar-refractivity contribution < 1.29 is 9.15 Å². The minimum atomic E-state index is 0.316. The molecule has 0 amide bonds. The predicted molar refractivity (Wildman–Crippen MR) is 110 cm³/mol. The highest BCUT2D eigenvalue weighted by atomic mass is 35.5. The van der Waals surface area contributed by atoms with Gasteiger partial charge in [-0.15, -0.1) is 10.2 Å². The van der Waals surface area contributed by atoms with Crippen molar-refractivity contribution in [3.8, 4) is 5.75 Å². The van der Waals surface area contributed by atoms with Crippen LogP contribution in [0.25, 0.3) is 11.1 Å². The maximum atomic E-state index is 6.11. The second-order valence-electron chi connectivity index (χ2n) is 6.20. The van der Waals surface area contributed by atoms with Crippen LogP contribution < -0.4 is 4.74 Å². The molecule has 2 heterocycles. The van der Waals surface area contributed by atoms with Crippen LogP contribution in [0.15, 0.2) is 58.1 Å². The summed E-state index contributed by atoms with van der Waals surface area (Å²) in [6.07, 6.45) is 1.73. The zero-order valence-electron chi connectivity index (χ0n) is 15.3. The third-order valence-corrected chi connectivity index (χ3v) is 5.64. The summed E-state index contributed by atoms with van der Waals surface area (Å²) in [5.41, 5.74) is 1.74. The van der Waals surface area contributed by atoms with Crippen molar-refractivity contribution in [2.75, 3.05) is 5.75 Å². The van der Waals surface area contributed by atoms with Gasteiger partial charge in [-0.05, 0) is 30.7 Å². The molecule has 0 N–H and O–H groups in total. The Morgan fingerprint density at radius 1 is 1.11 bits per heavy atom. The van der Waals surface area contributed by atoms with Crippen molar-refractivity contribution >= 4 is 34.5 Å². The Labute approximate surface area is 171 Å². The van der Waals surface area contributed by atoms with E-state index < -0.39 is 0 Å². The van der Waals surface area contributed by atoms with E-state index in [1.165, 1.54) is 0 Å². The first-order valence-corrected chi connectivity index (χ1v) is 10.3. The van der Waals surface area contributed by atoms with Gasteiger partial charge in [0.05, 0.1) is 5.02 Å². The van der Waals surface area contributed by atoms with Gasteiger partial charge in [-0.1, -0.05) is 47.6 Å². The summed E-state index contributed by atoms with van der Waals surface area (Å²) in [5.74, 6) is 3.06. The fourth-order valence-electron chi connectivity index (χ4n) is 2.71. The Morgan fingerprint density at radius 3 is 2.79 bits per heavy atom. The average Bonchev–Trinajstić information content (AvgIpc) is 3.28. The third kappa shape index (κ3) is 4.31. The Morgan fingerprint density at radius 2 is 1.93 bits per heavy atom. The van der Waals surface area contributed by atoms with E-state index in [-0.39, 0.29) is 0 Å². The maximum absolute atomic E-state index is 6.11. The van der Waals surface area contributed by atoms with E-state index in [1.54, 1.807) is 17.8 Å². The molecule has 6 nitrogen and oxygen atoms in total. The quantitative estimate of drug-likeness (QED) is 0.301.